The average Bonchev–Trinajstić information content (AvgIpc) is 3.04. The van der Waals surface area contributed by atoms with Crippen LogP contribution in [0.3, 0.4) is 0 Å². The smallest absolute Gasteiger partial charge is 0.224 e. The number of aliphatic hydroxyl groups is 1. The zero-order chi connectivity index (χ0) is 15.7. The highest BCUT2D eigenvalue weighted by Gasteiger charge is 2.39. The van der Waals surface area contributed by atoms with E-state index in [-0.39, 0.29) is 24.0 Å². The van der Waals surface area contributed by atoms with E-state index in [1.54, 1.807) is 0 Å². The molecule has 22 heavy (non-hydrogen) atoms. The predicted octanol–water partition coefficient (Wildman–Crippen LogP) is 3.03. The van der Waals surface area contributed by atoms with Gasteiger partial charge in [0.1, 0.15) is 0 Å². The van der Waals surface area contributed by atoms with Crippen LogP contribution in [0.1, 0.15) is 31.7 Å². The standard InChI is InChI=1S/C17H21ClN2O2/c1-17(10-21)6-2-3-15(17)20-16(22)7-11-9-19-14-8-12(18)4-5-13(11)14/h4-5,8-9,15,19,21H,2-3,6-7,10H2,1H3,(H,20,22). The van der Waals surface area contributed by atoms with Gasteiger partial charge < -0.3 is 15.4 Å². The fourth-order valence-electron chi connectivity index (χ4n) is 3.39. The Morgan fingerprint density at radius 1 is 1.55 bits per heavy atom. The van der Waals surface area contributed by atoms with Gasteiger partial charge in [0.2, 0.25) is 5.91 Å². The van der Waals surface area contributed by atoms with Crippen LogP contribution in [0.5, 0.6) is 0 Å². The van der Waals surface area contributed by atoms with E-state index < -0.39 is 0 Å². The van der Waals surface area contributed by atoms with Gasteiger partial charge in [-0.05, 0) is 30.5 Å². The van der Waals surface area contributed by atoms with Crippen LogP contribution in [0.15, 0.2) is 24.4 Å². The quantitative estimate of drug-likeness (QED) is 0.810. The van der Waals surface area contributed by atoms with E-state index in [2.05, 4.69) is 10.3 Å². The van der Waals surface area contributed by atoms with Crippen LogP contribution in [-0.2, 0) is 11.2 Å². The van der Waals surface area contributed by atoms with Gasteiger partial charge in [0.15, 0.2) is 0 Å². The molecule has 0 aliphatic heterocycles. The molecule has 5 heteroatoms. The maximum atomic E-state index is 12.3. The van der Waals surface area contributed by atoms with Crippen LogP contribution >= 0.6 is 11.6 Å². The molecule has 1 aromatic carbocycles. The minimum atomic E-state index is -0.191. The summed E-state index contributed by atoms with van der Waals surface area (Å²) in [6, 6.07) is 5.69. The summed E-state index contributed by atoms with van der Waals surface area (Å²) in [5.41, 5.74) is 1.72. The van der Waals surface area contributed by atoms with Crippen molar-refractivity contribution in [3.63, 3.8) is 0 Å². The molecule has 2 unspecified atom stereocenters. The summed E-state index contributed by atoms with van der Waals surface area (Å²) in [6.07, 6.45) is 5.14. The summed E-state index contributed by atoms with van der Waals surface area (Å²) in [4.78, 5) is 15.5. The molecular formula is C17H21ClN2O2. The van der Waals surface area contributed by atoms with Crippen molar-refractivity contribution in [2.24, 2.45) is 5.41 Å². The fourth-order valence-corrected chi connectivity index (χ4v) is 3.56. The van der Waals surface area contributed by atoms with Gasteiger partial charge in [0.05, 0.1) is 13.0 Å². The third-order valence-corrected chi connectivity index (χ3v) is 5.09. The maximum absolute atomic E-state index is 12.3. The Bertz CT molecular complexity index is 697. The lowest BCUT2D eigenvalue weighted by Crippen LogP contribution is -2.45. The van der Waals surface area contributed by atoms with Crippen LogP contribution in [0, 0.1) is 5.41 Å². The number of H-pyrrole nitrogens is 1. The summed E-state index contributed by atoms with van der Waals surface area (Å²) in [5, 5.41) is 14.4. The van der Waals surface area contributed by atoms with Gasteiger partial charge in [-0.3, -0.25) is 4.79 Å². The van der Waals surface area contributed by atoms with Gasteiger partial charge in [0.25, 0.3) is 0 Å². The van der Waals surface area contributed by atoms with Crippen molar-refractivity contribution < 1.29 is 9.90 Å². The number of hydrogen-bond acceptors (Lipinski definition) is 2. The summed E-state index contributed by atoms with van der Waals surface area (Å²) < 4.78 is 0. The normalized spacial score (nSPS) is 24.8. The molecule has 1 aliphatic carbocycles. The molecule has 2 aromatic rings. The molecule has 0 saturated heterocycles. The molecular weight excluding hydrogens is 300 g/mol. The van der Waals surface area contributed by atoms with Crippen molar-refractivity contribution in [1.82, 2.24) is 10.3 Å². The van der Waals surface area contributed by atoms with Gasteiger partial charge in [0, 0.05) is 33.6 Å². The lowest BCUT2D eigenvalue weighted by Gasteiger charge is -2.30. The number of aromatic amines is 1. The van der Waals surface area contributed by atoms with E-state index in [1.165, 1.54) is 0 Å². The molecule has 0 radical (unpaired) electrons. The van der Waals surface area contributed by atoms with E-state index in [9.17, 15) is 9.90 Å². The minimum absolute atomic E-state index is 0.00225. The molecule has 4 nitrogen and oxygen atoms in total. The summed E-state index contributed by atoms with van der Waals surface area (Å²) in [7, 11) is 0. The summed E-state index contributed by atoms with van der Waals surface area (Å²) in [6.45, 7) is 2.15. The molecule has 1 saturated carbocycles. The van der Waals surface area contributed by atoms with E-state index in [0.29, 0.717) is 11.4 Å². The van der Waals surface area contributed by atoms with Crippen LogP contribution in [0.4, 0.5) is 0 Å². The lowest BCUT2D eigenvalue weighted by molar-refractivity contribution is -0.122. The molecule has 3 rings (SSSR count). The SMILES string of the molecule is CC1(CO)CCCC1NC(=O)Cc1c[nH]c2cc(Cl)ccc12. The highest BCUT2D eigenvalue weighted by atomic mass is 35.5. The van der Waals surface area contributed by atoms with Gasteiger partial charge in [-0.25, -0.2) is 0 Å². The third kappa shape index (κ3) is 2.85. The Hall–Kier alpha value is -1.52. The number of hydrogen-bond donors (Lipinski definition) is 3. The molecule has 118 valence electrons. The molecule has 0 spiro atoms. The Labute approximate surface area is 134 Å². The summed E-state index contributed by atoms with van der Waals surface area (Å²) >= 11 is 5.97. The average molecular weight is 321 g/mol. The highest BCUT2D eigenvalue weighted by molar-refractivity contribution is 6.31. The van der Waals surface area contributed by atoms with Crippen LogP contribution in [0.2, 0.25) is 5.02 Å². The Morgan fingerprint density at radius 3 is 3.14 bits per heavy atom. The van der Waals surface area contributed by atoms with Crippen molar-refractivity contribution in [3.8, 4) is 0 Å². The number of nitrogens with one attached hydrogen (secondary N) is 2. The van der Waals surface area contributed by atoms with Crippen LogP contribution in [-0.4, -0.2) is 28.6 Å². The molecule has 1 aromatic heterocycles. The highest BCUT2D eigenvalue weighted by Crippen LogP contribution is 2.37. The molecule has 1 heterocycles. The van der Waals surface area contributed by atoms with Gasteiger partial charge in [-0.15, -0.1) is 0 Å². The second-order valence-electron chi connectivity index (χ2n) is 6.51. The third-order valence-electron chi connectivity index (χ3n) is 4.86. The first kappa shape index (κ1) is 15.4. The zero-order valence-electron chi connectivity index (χ0n) is 12.7. The first-order chi connectivity index (χ1) is 10.5. The first-order valence-corrected chi connectivity index (χ1v) is 8.05. The van der Waals surface area contributed by atoms with Crippen molar-refractivity contribution in [2.45, 2.75) is 38.6 Å². The fraction of sp³-hybridized carbons (Fsp3) is 0.471. The van der Waals surface area contributed by atoms with Gasteiger partial charge in [-0.2, -0.15) is 0 Å². The predicted molar refractivity (Wildman–Crippen MR) is 88.0 cm³/mol. The Morgan fingerprint density at radius 2 is 2.36 bits per heavy atom. The Balaban J connectivity index is 1.71. The largest absolute Gasteiger partial charge is 0.396 e. The van der Waals surface area contributed by atoms with Crippen LogP contribution < -0.4 is 5.32 Å². The molecule has 1 aliphatic rings. The van der Waals surface area contributed by atoms with E-state index in [4.69, 9.17) is 11.6 Å². The molecule has 1 amide bonds. The number of aromatic nitrogens is 1. The van der Waals surface area contributed by atoms with Crippen molar-refractivity contribution in [2.75, 3.05) is 6.61 Å². The monoisotopic (exact) mass is 320 g/mol. The van der Waals surface area contributed by atoms with E-state index in [0.717, 1.165) is 35.7 Å². The molecule has 1 fully saturated rings. The van der Waals surface area contributed by atoms with Crippen molar-refractivity contribution >= 4 is 28.4 Å². The number of fused-ring (bicyclic) bond motifs is 1. The maximum Gasteiger partial charge on any atom is 0.224 e. The van der Waals surface area contributed by atoms with E-state index >= 15 is 0 Å². The number of amides is 1. The molecule has 3 N–H and O–H groups in total. The number of carbonyl (C=O) groups excluding carboxylic acids is 1. The number of rotatable bonds is 4. The Kier molecular flexibility index (Phi) is 4.15. The lowest BCUT2D eigenvalue weighted by atomic mass is 9.85. The topological polar surface area (TPSA) is 65.1 Å². The van der Waals surface area contributed by atoms with Gasteiger partial charge in [-0.1, -0.05) is 31.0 Å². The zero-order valence-corrected chi connectivity index (χ0v) is 13.4. The van der Waals surface area contributed by atoms with E-state index in [1.807, 2.05) is 31.3 Å². The van der Waals surface area contributed by atoms with Gasteiger partial charge >= 0.3 is 0 Å². The summed E-state index contributed by atoms with van der Waals surface area (Å²) in [5.74, 6) is 0.00225. The second-order valence-corrected chi connectivity index (χ2v) is 6.94. The first-order valence-electron chi connectivity index (χ1n) is 7.67. The second kappa shape index (κ2) is 5.94. The van der Waals surface area contributed by atoms with Crippen molar-refractivity contribution in [1.29, 1.82) is 0 Å². The van der Waals surface area contributed by atoms with Crippen molar-refractivity contribution in [3.05, 3.63) is 35.0 Å². The number of benzene rings is 1. The number of halogens is 1. The molecule has 0 bridgehead atoms. The minimum Gasteiger partial charge on any atom is -0.396 e. The molecule has 2 atom stereocenters. The number of carbonyl (C=O) groups is 1. The number of aliphatic hydroxyl groups excluding tert-OH is 1. The van der Waals surface area contributed by atoms with Crippen LogP contribution in [0.25, 0.3) is 10.9 Å².